The molecule has 132 valence electrons. The summed E-state index contributed by atoms with van der Waals surface area (Å²) in [4.78, 5) is 13.7. The maximum Gasteiger partial charge on any atom is 0.286 e. The fourth-order valence-corrected chi connectivity index (χ4v) is 2.59. The summed E-state index contributed by atoms with van der Waals surface area (Å²) in [5.74, 6) is -0.956. The predicted octanol–water partition coefficient (Wildman–Crippen LogP) is 2.29. The van der Waals surface area contributed by atoms with E-state index in [2.05, 4.69) is 37.6 Å². The molecule has 1 unspecified atom stereocenters. The molecule has 22 heavy (non-hydrogen) atoms. The van der Waals surface area contributed by atoms with E-state index in [0.29, 0.717) is 6.42 Å². The Bertz CT molecular complexity index is 423. The van der Waals surface area contributed by atoms with Crippen molar-refractivity contribution in [3.8, 4) is 0 Å². The zero-order chi connectivity index (χ0) is 17.9. The van der Waals surface area contributed by atoms with Crippen molar-refractivity contribution in [3.05, 3.63) is 12.2 Å². The van der Waals surface area contributed by atoms with Crippen molar-refractivity contribution in [3.63, 3.8) is 0 Å². The van der Waals surface area contributed by atoms with Crippen molar-refractivity contribution < 1.29 is 17.8 Å². The van der Waals surface area contributed by atoms with Crippen LogP contribution in [0.3, 0.4) is 0 Å². The summed E-state index contributed by atoms with van der Waals surface area (Å²) in [6.45, 7) is 18.5. The predicted molar refractivity (Wildman–Crippen MR) is 91.2 cm³/mol. The Kier molecular flexibility index (Phi) is 12.3. The van der Waals surface area contributed by atoms with Gasteiger partial charge in [-0.25, -0.2) is 0 Å². The highest BCUT2D eigenvalue weighted by Crippen LogP contribution is 2.09. The Morgan fingerprint density at radius 1 is 1.14 bits per heavy atom. The maximum atomic E-state index is 11.3. The van der Waals surface area contributed by atoms with Gasteiger partial charge in [-0.05, 0) is 32.0 Å². The van der Waals surface area contributed by atoms with Crippen molar-refractivity contribution in [1.29, 1.82) is 0 Å². The molecule has 0 aliphatic rings. The van der Waals surface area contributed by atoms with E-state index in [1.54, 1.807) is 20.8 Å². The third kappa shape index (κ3) is 9.92. The van der Waals surface area contributed by atoms with Crippen LogP contribution in [-0.4, -0.2) is 48.8 Å². The highest BCUT2D eigenvalue weighted by atomic mass is 32.2. The summed E-state index contributed by atoms with van der Waals surface area (Å²) in [6.07, 6.45) is 0.433. The molecule has 0 radical (unpaired) electrons. The number of nitrogens with zero attached hydrogens (tertiary/aromatic N) is 1. The second kappa shape index (κ2) is 11.6. The van der Waals surface area contributed by atoms with E-state index >= 15 is 0 Å². The molecule has 0 aromatic carbocycles. The van der Waals surface area contributed by atoms with Crippen LogP contribution >= 0.6 is 0 Å². The largest absolute Gasteiger partial charge is 0.334 e. The van der Waals surface area contributed by atoms with Gasteiger partial charge in [0.15, 0.2) is 5.37 Å². The second-order valence-electron chi connectivity index (χ2n) is 5.23. The van der Waals surface area contributed by atoms with E-state index in [1.807, 2.05) is 0 Å². The highest BCUT2D eigenvalue weighted by Gasteiger charge is 2.28. The van der Waals surface area contributed by atoms with Crippen LogP contribution in [0.1, 0.15) is 48.0 Å². The third-order valence-corrected chi connectivity index (χ3v) is 4.59. The molecule has 1 atom stereocenters. The average Bonchev–Trinajstić information content (AvgIpc) is 2.44. The van der Waals surface area contributed by atoms with Gasteiger partial charge in [-0.2, -0.15) is 8.42 Å². The average molecular weight is 336 g/mol. The van der Waals surface area contributed by atoms with Gasteiger partial charge in [-0.15, -0.1) is 0 Å². The fourth-order valence-electron chi connectivity index (χ4n) is 1.65. The minimum absolute atomic E-state index is 0.282. The van der Waals surface area contributed by atoms with Crippen LogP contribution in [0.15, 0.2) is 12.2 Å². The molecule has 0 bridgehead atoms. The van der Waals surface area contributed by atoms with Crippen LogP contribution in [-0.2, 0) is 14.9 Å². The molecule has 0 heterocycles. The molecule has 0 aromatic rings. The van der Waals surface area contributed by atoms with Crippen LogP contribution < -0.4 is 5.32 Å². The number of rotatable bonds is 8. The smallest absolute Gasteiger partial charge is 0.286 e. The molecule has 7 heteroatoms. The number of carbonyl (C=O) groups is 1. The van der Waals surface area contributed by atoms with Crippen molar-refractivity contribution in [2.45, 2.75) is 53.3 Å². The first-order chi connectivity index (χ1) is 10.0. The summed E-state index contributed by atoms with van der Waals surface area (Å²) in [5.41, 5.74) is 0.282. The number of nitrogens with one attached hydrogen (secondary N) is 1. The molecule has 0 saturated carbocycles. The van der Waals surface area contributed by atoms with Gasteiger partial charge in [0.25, 0.3) is 10.1 Å². The van der Waals surface area contributed by atoms with Crippen LogP contribution in [0.5, 0.6) is 0 Å². The molecular formula is C15H32N2O4S. The minimum atomic E-state index is -4.27. The Hall–Kier alpha value is -0.920. The molecule has 0 fully saturated rings. The first-order valence-electron chi connectivity index (χ1n) is 7.72. The lowest BCUT2D eigenvalue weighted by molar-refractivity contribution is -0.118. The van der Waals surface area contributed by atoms with Gasteiger partial charge in [-0.3, -0.25) is 9.35 Å². The van der Waals surface area contributed by atoms with Gasteiger partial charge in [0.2, 0.25) is 5.91 Å². The van der Waals surface area contributed by atoms with Gasteiger partial charge < -0.3 is 10.2 Å². The van der Waals surface area contributed by atoms with E-state index in [1.165, 1.54) is 19.6 Å². The lowest BCUT2D eigenvalue weighted by Crippen LogP contribution is -2.44. The Morgan fingerprint density at radius 2 is 1.55 bits per heavy atom. The molecule has 0 rings (SSSR count). The van der Waals surface area contributed by atoms with Gasteiger partial charge in [0.1, 0.15) is 0 Å². The number of amides is 1. The molecule has 2 N–H and O–H groups in total. The van der Waals surface area contributed by atoms with E-state index in [4.69, 9.17) is 4.55 Å². The van der Waals surface area contributed by atoms with E-state index in [0.717, 1.165) is 0 Å². The molecule has 0 spiro atoms. The minimum Gasteiger partial charge on any atom is -0.334 e. The molecule has 0 aliphatic carbocycles. The van der Waals surface area contributed by atoms with Gasteiger partial charge in [0, 0.05) is 5.57 Å². The van der Waals surface area contributed by atoms with E-state index in [9.17, 15) is 13.2 Å². The first kappa shape index (κ1) is 23.3. The van der Waals surface area contributed by atoms with Gasteiger partial charge >= 0.3 is 0 Å². The molecule has 0 aliphatic heterocycles. The molecule has 0 saturated heterocycles. The van der Waals surface area contributed by atoms with Crippen molar-refractivity contribution in [2.24, 2.45) is 5.92 Å². The van der Waals surface area contributed by atoms with E-state index in [-0.39, 0.29) is 5.57 Å². The number of carbonyl (C=O) groups excluding carboxylic acids is 1. The quantitative estimate of drug-likeness (QED) is 0.524. The topological polar surface area (TPSA) is 86.7 Å². The summed E-state index contributed by atoms with van der Waals surface area (Å²) in [7, 11) is -4.27. The van der Waals surface area contributed by atoms with Gasteiger partial charge in [0.05, 0.1) is 0 Å². The molecular weight excluding hydrogens is 304 g/mol. The van der Waals surface area contributed by atoms with Crippen LogP contribution in [0.2, 0.25) is 0 Å². The number of hydrogen-bond acceptors (Lipinski definition) is 4. The van der Waals surface area contributed by atoms with E-state index < -0.39 is 27.3 Å². The van der Waals surface area contributed by atoms with Crippen LogP contribution in [0.4, 0.5) is 0 Å². The fraction of sp³-hybridized carbons (Fsp3) is 0.800. The monoisotopic (exact) mass is 336 g/mol. The Labute approximate surface area is 135 Å². The lowest BCUT2D eigenvalue weighted by Gasteiger charge is -2.19. The van der Waals surface area contributed by atoms with Crippen LogP contribution in [0, 0.1) is 5.92 Å². The SMILES string of the molecule is C=C(CC)C(=O)NC(C(C)C)S(=O)(=O)O.CCN(CC)CC. The third-order valence-electron chi connectivity index (χ3n) is 3.29. The summed E-state index contributed by atoms with van der Waals surface area (Å²) >= 11 is 0. The zero-order valence-corrected chi connectivity index (χ0v) is 15.5. The summed E-state index contributed by atoms with van der Waals surface area (Å²) in [5, 5.41) is 0.947. The Morgan fingerprint density at radius 3 is 1.73 bits per heavy atom. The molecule has 0 aromatic heterocycles. The number of hydrogen-bond donors (Lipinski definition) is 2. The lowest BCUT2D eigenvalue weighted by atomic mass is 10.2. The highest BCUT2D eigenvalue weighted by molar-refractivity contribution is 7.86. The maximum absolute atomic E-state index is 11.3. The van der Waals surface area contributed by atoms with Gasteiger partial charge in [-0.1, -0.05) is 48.1 Å². The zero-order valence-electron chi connectivity index (χ0n) is 14.7. The Balaban J connectivity index is 0. The molecule has 6 nitrogen and oxygen atoms in total. The second-order valence-corrected chi connectivity index (χ2v) is 6.77. The van der Waals surface area contributed by atoms with Crippen molar-refractivity contribution >= 4 is 16.0 Å². The first-order valence-corrected chi connectivity index (χ1v) is 9.22. The van der Waals surface area contributed by atoms with Crippen LogP contribution in [0.25, 0.3) is 0 Å². The normalized spacial score (nSPS) is 12.6. The van der Waals surface area contributed by atoms with Crippen molar-refractivity contribution in [1.82, 2.24) is 10.2 Å². The molecule has 1 amide bonds. The summed E-state index contributed by atoms with van der Waals surface area (Å²) in [6, 6.07) is 0. The van der Waals surface area contributed by atoms with Crippen molar-refractivity contribution in [2.75, 3.05) is 19.6 Å². The summed E-state index contributed by atoms with van der Waals surface area (Å²) < 4.78 is 30.7. The standard InChI is InChI=1S/C9H17NO4S.C6H15N/c1-5-7(4)8(11)10-9(6(2)3)15(12,13)14;1-4-7(5-2)6-3/h6,9H,4-5H2,1-3H3,(H,10,11)(H,12,13,14);4-6H2,1-3H3.